The maximum atomic E-state index is 12.9. The first kappa shape index (κ1) is 15.3. The molecule has 3 heteroatoms. The van der Waals surface area contributed by atoms with Gasteiger partial charge in [-0.3, -0.25) is 9.69 Å². The van der Waals surface area contributed by atoms with Crippen LogP contribution in [0.4, 0.5) is 0 Å². The fourth-order valence-electron chi connectivity index (χ4n) is 3.61. The number of aryl methyl sites for hydroxylation is 3. The van der Waals surface area contributed by atoms with E-state index in [4.69, 9.17) is 0 Å². The Kier molecular flexibility index (Phi) is 4.09. The molecule has 0 spiro atoms. The third-order valence-corrected chi connectivity index (χ3v) is 5.14. The Morgan fingerprint density at radius 1 is 1.27 bits per heavy atom. The largest absolute Gasteiger partial charge is 0.358 e. The zero-order valence-corrected chi connectivity index (χ0v) is 14.1. The first-order chi connectivity index (χ1) is 10.5. The van der Waals surface area contributed by atoms with Crippen LogP contribution in [0.15, 0.2) is 16.9 Å². The van der Waals surface area contributed by atoms with Gasteiger partial charge in [-0.05, 0) is 63.3 Å². The number of pyridine rings is 1. The first-order valence-electron chi connectivity index (χ1n) is 8.31. The highest BCUT2D eigenvalue weighted by Crippen LogP contribution is 2.21. The summed E-state index contributed by atoms with van der Waals surface area (Å²) in [4.78, 5) is 18.8. The number of hydrogen-bond acceptors (Lipinski definition) is 2. The van der Waals surface area contributed by atoms with Gasteiger partial charge in [-0.25, -0.2) is 0 Å². The molecule has 2 heterocycles. The summed E-state index contributed by atoms with van der Waals surface area (Å²) in [7, 11) is 0. The quantitative estimate of drug-likeness (QED) is 0.918. The molecular formula is C19H26N2O. The van der Waals surface area contributed by atoms with Gasteiger partial charge in [0.1, 0.15) is 0 Å². The van der Waals surface area contributed by atoms with Crippen LogP contribution >= 0.6 is 0 Å². The van der Waals surface area contributed by atoms with Crippen molar-refractivity contribution in [3.05, 3.63) is 44.7 Å². The van der Waals surface area contributed by atoms with Gasteiger partial charge in [0.25, 0.3) is 0 Å². The Hall–Kier alpha value is -1.61. The molecule has 3 nitrogen and oxygen atoms in total. The Labute approximate surface area is 132 Å². The highest BCUT2D eigenvalue weighted by atomic mass is 16.1. The predicted molar refractivity (Wildman–Crippen MR) is 92.5 cm³/mol. The van der Waals surface area contributed by atoms with Crippen molar-refractivity contribution in [3.8, 4) is 0 Å². The molecule has 1 aliphatic heterocycles. The summed E-state index contributed by atoms with van der Waals surface area (Å²) in [5.41, 5.74) is 5.55. The van der Waals surface area contributed by atoms with Crippen molar-refractivity contribution in [2.75, 3.05) is 13.1 Å². The normalized spacial score (nSPS) is 19.7. The monoisotopic (exact) mass is 298 g/mol. The average molecular weight is 298 g/mol. The van der Waals surface area contributed by atoms with Crippen molar-refractivity contribution in [3.63, 3.8) is 0 Å². The van der Waals surface area contributed by atoms with E-state index in [2.05, 4.69) is 36.7 Å². The second kappa shape index (κ2) is 5.88. The SMILES string of the molecule is Cc1ccc2c(=O)c(CN3CCC[C@@H](C)C3)c(C)[nH]c2c1C. The summed E-state index contributed by atoms with van der Waals surface area (Å²) >= 11 is 0. The third-order valence-electron chi connectivity index (χ3n) is 5.14. The molecule has 0 unspecified atom stereocenters. The van der Waals surface area contributed by atoms with Crippen molar-refractivity contribution in [2.24, 2.45) is 5.92 Å². The van der Waals surface area contributed by atoms with Crippen LogP contribution in [-0.2, 0) is 6.54 Å². The van der Waals surface area contributed by atoms with Gasteiger partial charge in [0, 0.05) is 29.7 Å². The Bertz CT molecular complexity index is 760. The molecule has 1 N–H and O–H groups in total. The second-order valence-electron chi connectivity index (χ2n) is 6.97. The summed E-state index contributed by atoms with van der Waals surface area (Å²) in [6.07, 6.45) is 2.55. The fourth-order valence-corrected chi connectivity index (χ4v) is 3.61. The molecule has 1 atom stereocenters. The van der Waals surface area contributed by atoms with Crippen molar-refractivity contribution in [1.29, 1.82) is 0 Å². The van der Waals surface area contributed by atoms with Crippen LogP contribution in [-0.4, -0.2) is 23.0 Å². The predicted octanol–water partition coefficient (Wildman–Crippen LogP) is 3.69. The number of likely N-dealkylation sites (tertiary alicyclic amines) is 1. The minimum atomic E-state index is 0.201. The lowest BCUT2D eigenvalue weighted by atomic mass is 9.98. The van der Waals surface area contributed by atoms with Gasteiger partial charge in [0.05, 0.1) is 5.52 Å². The van der Waals surface area contributed by atoms with Gasteiger partial charge in [0.15, 0.2) is 5.43 Å². The molecule has 0 aliphatic carbocycles. The number of hydrogen-bond donors (Lipinski definition) is 1. The van der Waals surface area contributed by atoms with Gasteiger partial charge in [-0.2, -0.15) is 0 Å². The number of aromatic nitrogens is 1. The molecule has 1 fully saturated rings. The van der Waals surface area contributed by atoms with Crippen LogP contribution in [0.2, 0.25) is 0 Å². The number of fused-ring (bicyclic) bond motifs is 1. The Morgan fingerprint density at radius 3 is 2.77 bits per heavy atom. The van der Waals surface area contributed by atoms with Crippen LogP contribution in [0.3, 0.4) is 0 Å². The Morgan fingerprint density at radius 2 is 2.05 bits per heavy atom. The molecule has 3 rings (SSSR count). The highest BCUT2D eigenvalue weighted by molar-refractivity contribution is 5.83. The minimum absolute atomic E-state index is 0.201. The highest BCUT2D eigenvalue weighted by Gasteiger charge is 2.19. The number of aromatic amines is 1. The third kappa shape index (κ3) is 2.70. The molecule has 1 aliphatic rings. The lowest BCUT2D eigenvalue weighted by Crippen LogP contribution is -2.35. The van der Waals surface area contributed by atoms with Crippen molar-refractivity contribution >= 4 is 10.9 Å². The zero-order valence-electron chi connectivity index (χ0n) is 14.1. The molecule has 1 aromatic heterocycles. The minimum Gasteiger partial charge on any atom is -0.358 e. The van der Waals surface area contributed by atoms with Crippen molar-refractivity contribution in [2.45, 2.75) is 47.1 Å². The van der Waals surface area contributed by atoms with E-state index in [1.165, 1.54) is 24.0 Å². The average Bonchev–Trinajstić information content (AvgIpc) is 2.48. The van der Waals surface area contributed by atoms with Gasteiger partial charge < -0.3 is 4.98 Å². The summed E-state index contributed by atoms with van der Waals surface area (Å²) in [5.74, 6) is 0.735. The van der Waals surface area contributed by atoms with E-state index in [0.29, 0.717) is 0 Å². The van der Waals surface area contributed by atoms with E-state index in [1.54, 1.807) is 0 Å². The number of piperidine rings is 1. The van der Waals surface area contributed by atoms with Crippen LogP contribution < -0.4 is 5.43 Å². The van der Waals surface area contributed by atoms with E-state index in [9.17, 15) is 4.79 Å². The number of H-pyrrole nitrogens is 1. The smallest absolute Gasteiger partial charge is 0.194 e. The summed E-state index contributed by atoms with van der Waals surface area (Å²) < 4.78 is 0. The lowest BCUT2D eigenvalue weighted by Gasteiger charge is -2.31. The molecule has 1 aromatic carbocycles. The number of benzene rings is 1. The number of nitrogens with zero attached hydrogens (tertiary/aromatic N) is 1. The molecule has 0 saturated carbocycles. The van der Waals surface area contributed by atoms with E-state index >= 15 is 0 Å². The van der Waals surface area contributed by atoms with Crippen LogP contribution in [0.1, 0.15) is 42.1 Å². The fraction of sp³-hybridized carbons (Fsp3) is 0.526. The molecule has 0 bridgehead atoms. The molecular weight excluding hydrogens is 272 g/mol. The first-order valence-corrected chi connectivity index (χ1v) is 8.31. The topological polar surface area (TPSA) is 36.1 Å². The standard InChI is InChI=1S/C19H26N2O/c1-12-6-5-9-21(10-12)11-17-15(4)20-18-14(3)13(2)7-8-16(18)19(17)22/h7-8,12H,5-6,9-11H2,1-4H3,(H,20,22)/t12-/m1/s1. The second-order valence-corrected chi connectivity index (χ2v) is 6.97. The maximum absolute atomic E-state index is 12.9. The van der Waals surface area contributed by atoms with Crippen molar-refractivity contribution < 1.29 is 0 Å². The van der Waals surface area contributed by atoms with Crippen LogP contribution in [0.5, 0.6) is 0 Å². The van der Waals surface area contributed by atoms with Crippen molar-refractivity contribution in [1.82, 2.24) is 9.88 Å². The van der Waals surface area contributed by atoms with Crippen LogP contribution in [0.25, 0.3) is 10.9 Å². The van der Waals surface area contributed by atoms with E-state index in [-0.39, 0.29) is 5.43 Å². The summed E-state index contributed by atoms with van der Waals surface area (Å²) in [6, 6.07) is 4.02. The van der Waals surface area contributed by atoms with Gasteiger partial charge in [-0.1, -0.05) is 13.0 Å². The number of rotatable bonds is 2. The Balaban J connectivity index is 2.03. The molecule has 0 radical (unpaired) electrons. The zero-order chi connectivity index (χ0) is 15.9. The molecule has 2 aromatic rings. The summed E-state index contributed by atoms with van der Waals surface area (Å²) in [5, 5.41) is 0.828. The van der Waals surface area contributed by atoms with E-state index in [0.717, 1.165) is 47.7 Å². The van der Waals surface area contributed by atoms with Gasteiger partial charge >= 0.3 is 0 Å². The van der Waals surface area contributed by atoms with E-state index in [1.807, 2.05) is 13.0 Å². The maximum Gasteiger partial charge on any atom is 0.194 e. The molecule has 0 amide bonds. The van der Waals surface area contributed by atoms with E-state index < -0.39 is 0 Å². The summed E-state index contributed by atoms with van der Waals surface area (Å²) in [6.45, 7) is 11.5. The molecule has 22 heavy (non-hydrogen) atoms. The lowest BCUT2D eigenvalue weighted by molar-refractivity contribution is 0.176. The van der Waals surface area contributed by atoms with Gasteiger partial charge in [0.2, 0.25) is 0 Å². The van der Waals surface area contributed by atoms with Gasteiger partial charge in [-0.15, -0.1) is 0 Å². The molecule has 1 saturated heterocycles. The number of nitrogens with one attached hydrogen (secondary N) is 1. The molecule has 118 valence electrons. The van der Waals surface area contributed by atoms with Crippen LogP contribution in [0, 0.1) is 26.7 Å².